The van der Waals surface area contributed by atoms with Crippen molar-refractivity contribution in [1.29, 1.82) is 0 Å². The Labute approximate surface area is 95.0 Å². The van der Waals surface area contributed by atoms with Gasteiger partial charge >= 0.3 is 0 Å². The molecule has 1 aromatic rings. The standard InChI is InChI=1S/C7H11N5O5/c8-6(10-15)5-7(12-17-11-5)16-3-4(14)9-1-2-13/h13,15H,1-3H2,(H2,8,10)(H,9,14). The van der Waals surface area contributed by atoms with Gasteiger partial charge in [0.25, 0.3) is 11.8 Å². The summed E-state index contributed by atoms with van der Waals surface area (Å²) in [6, 6.07) is 0. The predicted octanol–water partition coefficient (Wildman–Crippen LogP) is -2.35. The average Bonchev–Trinajstić information content (AvgIpc) is 2.81. The lowest BCUT2D eigenvalue weighted by Gasteiger charge is -2.03. The van der Waals surface area contributed by atoms with Crippen LogP contribution in [-0.4, -0.2) is 52.1 Å². The lowest BCUT2D eigenvalue weighted by molar-refractivity contribution is -0.123. The highest BCUT2D eigenvalue weighted by Gasteiger charge is 2.16. The van der Waals surface area contributed by atoms with Gasteiger partial charge in [0, 0.05) is 6.54 Å². The van der Waals surface area contributed by atoms with E-state index in [1.807, 2.05) is 0 Å². The van der Waals surface area contributed by atoms with Gasteiger partial charge in [-0.25, -0.2) is 4.63 Å². The van der Waals surface area contributed by atoms with Crippen LogP contribution in [0.4, 0.5) is 0 Å². The first-order chi connectivity index (χ1) is 8.19. The first-order valence-corrected chi connectivity index (χ1v) is 4.49. The molecule has 1 amide bonds. The molecule has 0 atom stereocenters. The van der Waals surface area contributed by atoms with Crippen molar-refractivity contribution in [3.8, 4) is 5.88 Å². The van der Waals surface area contributed by atoms with Crippen LogP contribution in [0.3, 0.4) is 0 Å². The minimum absolute atomic E-state index is 0.109. The summed E-state index contributed by atoms with van der Waals surface area (Å²) in [5, 5.41) is 28.6. The highest BCUT2D eigenvalue weighted by molar-refractivity contribution is 5.97. The number of nitrogens with zero attached hydrogens (tertiary/aromatic N) is 3. The molecule has 0 saturated heterocycles. The molecular weight excluding hydrogens is 234 g/mol. The molecule has 17 heavy (non-hydrogen) atoms. The summed E-state index contributed by atoms with van der Waals surface area (Å²) in [5.41, 5.74) is 5.14. The van der Waals surface area contributed by atoms with Gasteiger partial charge in [-0.1, -0.05) is 5.16 Å². The molecule has 0 aliphatic heterocycles. The third-order valence-corrected chi connectivity index (χ3v) is 1.58. The molecule has 0 aliphatic rings. The number of carbonyl (C=O) groups excluding carboxylic acids is 1. The number of aromatic nitrogens is 2. The van der Waals surface area contributed by atoms with E-state index >= 15 is 0 Å². The number of carbonyl (C=O) groups is 1. The number of aliphatic hydroxyl groups excluding tert-OH is 1. The number of nitrogens with two attached hydrogens (primary N) is 1. The van der Waals surface area contributed by atoms with Gasteiger partial charge in [-0.2, -0.15) is 0 Å². The maximum Gasteiger partial charge on any atom is 0.287 e. The number of aliphatic hydroxyl groups is 1. The number of amides is 1. The number of nitrogens with one attached hydrogen (secondary N) is 1. The largest absolute Gasteiger partial charge is 0.464 e. The molecule has 10 heteroatoms. The molecule has 1 heterocycles. The highest BCUT2D eigenvalue weighted by Crippen LogP contribution is 2.11. The minimum atomic E-state index is -0.465. The van der Waals surface area contributed by atoms with Crippen LogP contribution < -0.4 is 15.8 Å². The molecule has 5 N–H and O–H groups in total. The molecule has 1 aromatic heterocycles. The Morgan fingerprint density at radius 1 is 1.59 bits per heavy atom. The van der Waals surface area contributed by atoms with Crippen LogP contribution in [0, 0.1) is 0 Å². The van der Waals surface area contributed by atoms with Crippen LogP contribution >= 0.6 is 0 Å². The van der Waals surface area contributed by atoms with Crippen LogP contribution in [0.5, 0.6) is 5.88 Å². The monoisotopic (exact) mass is 245 g/mol. The van der Waals surface area contributed by atoms with Crippen LogP contribution in [0.15, 0.2) is 9.78 Å². The van der Waals surface area contributed by atoms with E-state index in [1.165, 1.54) is 0 Å². The summed E-state index contributed by atoms with van der Waals surface area (Å²) in [6.45, 7) is -0.418. The van der Waals surface area contributed by atoms with E-state index < -0.39 is 5.91 Å². The maximum atomic E-state index is 11.1. The van der Waals surface area contributed by atoms with Gasteiger partial charge in [0.2, 0.25) is 5.69 Å². The third kappa shape index (κ3) is 3.61. The molecule has 0 fully saturated rings. The smallest absolute Gasteiger partial charge is 0.287 e. The normalized spacial score (nSPS) is 11.2. The summed E-state index contributed by atoms with van der Waals surface area (Å²) in [4.78, 5) is 11.1. The first-order valence-electron chi connectivity index (χ1n) is 4.49. The fraction of sp³-hybridized carbons (Fsp3) is 0.429. The Balaban J connectivity index is 2.52. The number of rotatable bonds is 6. The van der Waals surface area contributed by atoms with Crippen LogP contribution in [0.1, 0.15) is 5.69 Å². The Bertz CT molecular complexity index is 403. The number of oxime groups is 1. The number of hydrogen-bond acceptors (Lipinski definition) is 8. The third-order valence-electron chi connectivity index (χ3n) is 1.58. The molecule has 0 spiro atoms. The molecule has 1 rings (SSSR count). The van der Waals surface area contributed by atoms with Crippen molar-refractivity contribution in [2.24, 2.45) is 10.9 Å². The molecule has 0 aliphatic carbocycles. The van der Waals surface area contributed by atoms with Gasteiger partial charge in [-0.15, -0.1) is 0 Å². The Hall–Kier alpha value is -2.36. The van der Waals surface area contributed by atoms with Gasteiger partial charge in [-0.3, -0.25) is 4.79 Å². The lowest BCUT2D eigenvalue weighted by Crippen LogP contribution is -2.31. The second-order valence-corrected chi connectivity index (χ2v) is 2.77. The predicted molar refractivity (Wildman–Crippen MR) is 52.4 cm³/mol. The zero-order valence-corrected chi connectivity index (χ0v) is 8.66. The fourth-order valence-electron chi connectivity index (χ4n) is 0.859. The van der Waals surface area contributed by atoms with E-state index in [0.29, 0.717) is 0 Å². The maximum absolute atomic E-state index is 11.1. The highest BCUT2D eigenvalue weighted by atomic mass is 16.6. The van der Waals surface area contributed by atoms with E-state index in [0.717, 1.165) is 0 Å². The Kier molecular flexibility index (Phi) is 4.69. The second-order valence-electron chi connectivity index (χ2n) is 2.77. The van der Waals surface area contributed by atoms with Crippen LogP contribution in [0.2, 0.25) is 0 Å². The van der Waals surface area contributed by atoms with Crippen molar-refractivity contribution in [3.63, 3.8) is 0 Å². The van der Waals surface area contributed by atoms with Crippen LogP contribution in [0.25, 0.3) is 0 Å². The van der Waals surface area contributed by atoms with Crippen molar-refractivity contribution in [2.75, 3.05) is 19.8 Å². The van der Waals surface area contributed by atoms with E-state index in [4.69, 9.17) is 20.8 Å². The van der Waals surface area contributed by atoms with Gasteiger partial charge in [0.15, 0.2) is 12.4 Å². The van der Waals surface area contributed by atoms with Crippen molar-refractivity contribution in [3.05, 3.63) is 5.69 Å². The van der Waals surface area contributed by atoms with E-state index in [1.54, 1.807) is 0 Å². The van der Waals surface area contributed by atoms with Gasteiger partial charge in [0.05, 0.1) is 6.61 Å². The molecule has 0 unspecified atom stereocenters. The molecule has 0 bridgehead atoms. The summed E-state index contributed by atoms with van der Waals surface area (Å²) >= 11 is 0. The summed E-state index contributed by atoms with van der Waals surface area (Å²) in [7, 11) is 0. The number of hydrogen-bond donors (Lipinski definition) is 4. The van der Waals surface area contributed by atoms with Crippen molar-refractivity contribution < 1.29 is 24.5 Å². The molecule has 94 valence electrons. The van der Waals surface area contributed by atoms with Crippen molar-refractivity contribution in [2.45, 2.75) is 0 Å². The molecule has 10 nitrogen and oxygen atoms in total. The van der Waals surface area contributed by atoms with E-state index in [2.05, 4.69) is 25.4 Å². The van der Waals surface area contributed by atoms with E-state index in [9.17, 15) is 4.79 Å². The number of ether oxygens (including phenoxy) is 1. The SMILES string of the molecule is N/C(=N\O)c1nonc1OCC(=O)NCCO. The molecule has 0 radical (unpaired) electrons. The molecule has 0 aromatic carbocycles. The summed E-state index contributed by atoms with van der Waals surface area (Å²) < 4.78 is 9.24. The summed E-state index contributed by atoms with van der Waals surface area (Å²) in [5.74, 6) is -0.982. The zero-order chi connectivity index (χ0) is 12.7. The Morgan fingerprint density at radius 3 is 3.00 bits per heavy atom. The van der Waals surface area contributed by atoms with E-state index in [-0.39, 0.29) is 37.2 Å². The van der Waals surface area contributed by atoms with Gasteiger partial charge < -0.3 is 26.1 Å². The Morgan fingerprint density at radius 2 is 2.35 bits per heavy atom. The number of amidine groups is 1. The molecular formula is C7H11N5O5. The lowest BCUT2D eigenvalue weighted by atomic mass is 10.4. The fourth-order valence-corrected chi connectivity index (χ4v) is 0.859. The average molecular weight is 245 g/mol. The molecule has 0 saturated carbocycles. The van der Waals surface area contributed by atoms with Crippen LogP contribution in [-0.2, 0) is 4.79 Å². The topological polar surface area (TPSA) is 156 Å². The second kappa shape index (κ2) is 6.27. The minimum Gasteiger partial charge on any atom is -0.464 e. The van der Waals surface area contributed by atoms with Crippen molar-refractivity contribution in [1.82, 2.24) is 15.6 Å². The summed E-state index contributed by atoms with van der Waals surface area (Å²) in [6.07, 6.45) is 0. The van der Waals surface area contributed by atoms with Gasteiger partial charge in [0.1, 0.15) is 0 Å². The zero-order valence-electron chi connectivity index (χ0n) is 8.66. The first kappa shape index (κ1) is 12.7. The van der Waals surface area contributed by atoms with Gasteiger partial charge in [-0.05, 0) is 10.3 Å². The quantitative estimate of drug-likeness (QED) is 0.188. The van der Waals surface area contributed by atoms with Crippen molar-refractivity contribution >= 4 is 11.7 Å².